The molecule has 0 spiro atoms. The number of amides is 1. The molecule has 0 aromatic carbocycles. The van der Waals surface area contributed by atoms with Gasteiger partial charge >= 0.3 is 0 Å². The van der Waals surface area contributed by atoms with Gasteiger partial charge in [0.1, 0.15) is 12.1 Å². The quantitative estimate of drug-likeness (QED) is 0.851. The predicted octanol–water partition coefficient (Wildman–Crippen LogP) is 1.43. The van der Waals surface area contributed by atoms with E-state index in [1.54, 1.807) is 17.0 Å². The van der Waals surface area contributed by atoms with Gasteiger partial charge in [0.2, 0.25) is 0 Å². The van der Waals surface area contributed by atoms with Crippen LogP contribution in [0.4, 0.5) is 8.78 Å². The highest BCUT2D eigenvalue weighted by molar-refractivity contribution is 5.94. The van der Waals surface area contributed by atoms with Crippen LogP contribution >= 0.6 is 24.8 Å². The Morgan fingerprint density at radius 2 is 2.09 bits per heavy atom. The predicted molar refractivity (Wildman–Crippen MR) is 82.2 cm³/mol. The van der Waals surface area contributed by atoms with E-state index >= 15 is 0 Å². The van der Waals surface area contributed by atoms with Gasteiger partial charge in [-0.2, -0.15) is 0 Å². The first-order valence-corrected chi connectivity index (χ1v) is 5.82. The Kier molecular flexibility index (Phi) is 7.93. The van der Waals surface area contributed by atoms with Crippen molar-refractivity contribution in [2.24, 2.45) is 5.73 Å². The number of halogens is 4. The molecule has 2 aromatic heterocycles. The van der Waals surface area contributed by atoms with Gasteiger partial charge in [-0.25, -0.2) is 18.7 Å². The minimum absolute atomic E-state index is 0. The molecule has 0 saturated heterocycles. The first-order valence-electron chi connectivity index (χ1n) is 5.82. The second-order valence-corrected chi connectivity index (χ2v) is 4.12. The standard InChI is InChI=1S/C12H13F2N5O.2ClH/c13-12(14,6-15)7-18-11(20)9-1-2-17-10(5-9)19-4-3-16-8-19;;/h1-5,8H,6-7,15H2,(H,18,20);2*1H. The molecule has 0 unspecified atom stereocenters. The molecule has 22 heavy (non-hydrogen) atoms. The van der Waals surface area contributed by atoms with Gasteiger partial charge in [-0.15, -0.1) is 24.8 Å². The molecule has 3 N–H and O–H groups in total. The van der Waals surface area contributed by atoms with Crippen molar-refractivity contribution in [3.05, 3.63) is 42.6 Å². The van der Waals surface area contributed by atoms with Gasteiger partial charge in [0.25, 0.3) is 11.8 Å². The van der Waals surface area contributed by atoms with E-state index < -0.39 is 24.9 Å². The van der Waals surface area contributed by atoms with E-state index in [0.29, 0.717) is 5.82 Å². The van der Waals surface area contributed by atoms with E-state index in [4.69, 9.17) is 5.73 Å². The van der Waals surface area contributed by atoms with Crippen molar-refractivity contribution in [3.8, 4) is 5.82 Å². The van der Waals surface area contributed by atoms with E-state index in [1.807, 2.05) is 0 Å². The summed E-state index contributed by atoms with van der Waals surface area (Å²) in [6.07, 6.45) is 6.17. The number of nitrogens with one attached hydrogen (secondary N) is 1. The van der Waals surface area contributed by atoms with Gasteiger partial charge in [-0.1, -0.05) is 0 Å². The molecule has 10 heteroatoms. The van der Waals surface area contributed by atoms with Crippen molar-refractivity contribution in [1.82, 2.24) is 19.9 Å². The number of carbonyl (C=O) groups excluding carboxylic acids is 1. The fourth-order valence-corrected chi connectivity index (χ4v) is 1.48. The molecule has 0 aliphatic heterocycles. The van der Waals surface area contributed by atoms with Crippen LogP contribution in [0, 0.1) is 0 Å². The van der Waals surface area contributed by atoms with Crippen LogP contribution in [0.2, 0.25) is 0 Å². The third kappa shape index (κ3) is 5.21. The Bertz CT molecular complexity index is 595. The summed E-state index contributed by atoms with van der Waals surface area (Å²) in [5.74, 6) is -3.25. The first kappa shape index (κ1) is 20.2. The van der Waals surface area contributed by atoms with Crippen LogP contribution in [0.5, 0.6) is 0 Å². The molecule has 0 atom stereocenters. The molecule has 0 fully saturated rings. The third-order valence-electron chi connectivity index (χ3n) is 2.58. The monoisotopic (exact) mass is 353 g/mol. The molecule has 1 amide bonds. The lowest BCUT2D eigenvalue weighted by molar-refractivity contribution is 0.0118. The van der Waals surface area contributed by atoms with Crippen LogP contribution in [-0.2, 0) is 0 Å². The molecule has 6 nitrogen and oxygen atoms in total. The Balaban J connectivity index is 0.00000220. The zero-order valence-electron chi connectivity index (χ0n) is 11.3. The smallest absolute Gasteiger partial charge is 0.277 e. The Morgan fingerprint density at radius 1 is 1.36 bits per heavy atom. The summed E-state index contributed by atoms with van der Waals surface area (Å²) in [7, 11) is 0. The zero-order chi connectivity index (χ0) is 14.6. The number of pyridine rings is 1. The van der Waals surface area contributed by atoms with Gasteiger partial charge < -0.3 is 11.1 Å². The van der Waals surface area contributed by atoms with Gasteiger partial charge in [0.15, 0.2) is 0 Å². The maximum absolute atomic E-state index is 13.0. The summed E-state index contributed by atoms with van der Waals surface area (Å²) in [4.78, 5) is 19.7. The van der Waals surface area contributed by atoms with E-state index in [1.165, 1.54) is 24.7 Å². The normalized spacial score (nSPS) is 10.3. The molecule has 0 aliphatic rings. The maximum Gasteiger partial charge on any atom is 0.277 e. The summed E-state index contributed by atoms with van der Waals surface area (Å²) in [6, 6.07) is 2.92. The van der Waals surface area contributed by atoms with Crippen LogP contribution in [0.25, 0.3) is 5.82 Å². The number of aromatic nitrogens is 3. The van der Waals surface area contributed by atoms with Crippen LogP contribution in [-0.4, -0.2) is 39.5 Å². The van der Waals surface area contributed by atoms with E-state index in [2.05, 4.69) is 15.3 Å². The van der Waals surface area contributed by atoms with E-state index in [-0.39, 0.29) is 30.4 Å². The van der Waals surface area contributed by atoms with Crippen molar-refractivity contribution >= 4 is 30.7 Å². The molecule has 122 valence electrons. The number of hydrogen-bond acceptors (Lipinski definition) is 4. The Morgan fingerprint density at radius 3 is 2.68 bits per heavy atom. The summed E-state index contributed by atoms with van der Waals surface area (Å²) >= 11 is 0. The van der Waals surface area contributed by atoms with Crippen LogP contribution < -0.4 is 11.1 Å². The van der Waals surface area contributed by atoms with Crippen LogP contribution in [0.1, 0.15) is 10.4 Å². The number of alkyl halides is 2. The highest BCUT2D eigenvalue weighted by Gasteiger charge is 2.27. The molecule has 0 aliphatic carbocycles. The number of carbonyl (C=O) groups is 1. The highest BCUT2D eigenvalue weighted by atomic mass is 35.5. The van der Waals surface area contributed by atoms with Gasteiger partial charge in [0.05, 0.1) is 13.1 Å². The van der Waals surface area contributed by atoms with Crippen LogP contribution in [0.15, 0.2) is 37.1 Å². The molecule has 2 aromatic rings. The lowest BCUT2D eigenvalue weighted by Gasteiger charge is -2.14. The van der Waals surface area contributed by atoms with Crippen molar-refractivity contribution in [3.63, 3.8) is 0 Å². The number of imidazole rings is 1. The van der Waals surface area contributed by atoms with Crippen LogP contribution in [0.3, 0.4) is 0 Å². The minimum Gasteiger partial charge on any atom is -0.346 e. The maximum atomic E-state index is 13.0. The SMILES string of the molecule is Cl.Cl.NCC(F)(F)CNC(=O)c1ccnc(-n2ccnc2)c1. The Labute approximate surface area is 137 Å². The molecular weight excluding hydrogens is 339 g/mol. The molecular formula is C12H15Cl2F2N5O. The van der Waals surface area contributed by atoms with Gasteiger partial charge in [-0.3, -0.25) is 9.36 Å². The number of rotatable bonds is 5. The van der Waals surface area contributed by atoms with Gasteiger partial charge in [-0.05, 0) is 12.1 Å². The average molecular weight is 354 g/mol. The average Bonchev–Trinajstić information content (AvgIpc) is 2.99. The lowest BCUT2D eigenvalue weighted by atomic mass is 10.2. The third-order valence-corrected chi connectivity index (χ3v) is 2.58. The first-order chi connectivity index (χ1) is 9.52. The highest BCUT2D eigenvalue weighted by Crippen LogP contribution is 2.10. The second kappa shape index (κ2) is 8.62. The summed E-state index contributed by atoms with van der Waals surface area (Å²) in [5, 5.41) is 2.14. The minimum atomic E-state index is -3.12. The Hall–Kier alpha value is -1.77. The van der Waals surface area contributed by atoms with E-state index in [9.17, 15) is 13.6 Å². The second-order valence-electron chi connectivity index (χ2n) is 4.12. The molecule has 0 radical (unpaired) electrons. The molecule has 0 saturated carbocycles. The van der Waals surface area contributed by atoms with Crippen molar-refractivity contribution < 1.29 is 13.6 Å². The fraction of sp³-hybridized carbons (Fsp3) is 0.250. The number of nitrogens with zero attached hydrogens (tertiary/aromatic N) is 3. The number of hydrogen-bond donors (Lipinski definition) is 2. The van der Waals surface area contributed by atoms with Crippen molar-refractivity contribution in [1.29, 1.82) is 0 Å². The van der Waals surface area contributed by atoms with Gasteiger partial charge in [0, 0.05) is 24.2 Å². The lowest BCUT2D eigenvalue weighted by Crippen LogP contribution is -2.41. The largest absolute Gasteiger partial charge is 0.346 e. The topological polar surface area (TPSA) is 85.8 Å². The summed E-state index contributed by atoms with van der Waals surface area (Å²) in [6.45, 7) is -1.62. The van der Waals surface area contributed by atoms with Crippen molar-refractivity contribution in [2.45, 2.75) is 5.92 Å². The molecule has 2 rings (SSSR count). The number of nitrogens with two attached hydrogens (primary N) is 1. The zero-order valence-corrected chi connectivity index (χ0v) is 12.9. The molecule has 0 bridgehead atoms. The molecule has 2 heterocycles. The fourth-order valence-electron chi connectivity index (χ4n) is 1.48. The summed E-state index contributed by atoms with van der Waals surface area (Å²) < 4.78 is 27.5. The van der Waals surface area contributed by atoms with E-state index in [0.717, 1.165) is 0 Å². The van der Waals surface area contributed by atoms with Crippen molar-refractivity contribution in [2.75, 3.05) is 13.1 Å². The summed E-state index contributed by atoms with van der Waals surface area (Å²) in [5.41, 5.74) is 5.13.